The molecule has 0 saturated carbocycles. The maximum Gasteiger partial charge on any atom is 0.191 e. The fraction of sp³-hybridized carbons (Fsp3) is 0.389. The largest absolute Gasteiger partial charge is 0.469 e. The molecule has 0 atom stereocenters. The average molecular weight is 314 g/mol. The molecule has 0 fully saturated rings. The van der Waals surface area contributed by atoms with Gasteiger partial charge in [0, 0.05) is 38.3 Å². The van der Waals surface area contributed by atoms with Crippen LogP contribution in [-0.2, 0) is 6.42 Å². The summed E-state index contributed by atoms with van der Waals surface area (Å²) < 4.78 is 5.32. The lowest BCUT2D eigenvalue weighted by molar-refractivity contribution is 0.507. The van der Waals surface area contributed by atoms with Gasteiger partial charge in [-0.3, -0.25) is 4.99 Å². The third kappa shape index (κ3) is 6.91. The van der Waals surface area contributed by atoms with Crippen LogP contribution in [0.15, 0.2) is 58.1 Å². The lowest BCUT2D eigenvalue weighted by Crippen LogP contribution is -2.38. The van der Waals surface area contributed by atoms with E-state index in [9.17, 15) is 0 Å². The molecule has 0 spiro atoms. The highest BCUT2D eigenvalue weighted by Gasteiger charge is 1.99. The molecule has 2 aromatic rings. The number of anilines is 1. The van der Waals surface area contributed by atoms with Gasteiger partial charge in [-0.05, 0) is 37.6 Å². The van der Waals surface area contributed by atoms with Crippen LogP contribution in [-0.4, -0.2) is 32.1 Å². The van der Waals surface area contributed by atoms with Gasteiger partial charge >= 0.3 is 0 Å². The number of furan rings is 1. The van der Waals surface area contributed by atoms with Gasteiger partial charge in [-0.2, -0.15) is 0 Å². The summed E-state index contributed by atoms with van der Waals surface area (Å²) in [5.41, 5.74) is 1.15. The fourth-order valence-corrected chi connectivity index (χ4v) is 2.16. The van der Waals surface area contributed by atoms with E-state index in [1.807, 2.05) is 30.3 Å². The number of nitrogens with one attached hydrogen (secondary N) is 3. The Balaban J connectivity index is 1.64. The molecule has 0 aliphatic heterocycles. The molecule has 23 heavy (non-hydrogen) atoms. The smallest absolute Gasteiger partial charge is 0.191 e. The Labute approximate surface area is 138 Å². The van der Waals surface area contributed by atoms with Gasteiger partial charge in [-0.15, -0.1) is 0 Å². The van der Waals surface area contributed by atoms with Crippen molar-refractivity contribution in [2.45, 2.75) is 19.8 Å². The lowest BCUT2D eigenvalue weighted by atomic mass is 10.3. The number of aliphatic imine (C=N–C) groups is 1. The van der Waals surface area contributed by atoms with Crippen molar-refractivity contribution in [1.29, 1.82) is 0 Å². The topological polar surface area (TPSA) is 61.6 Å². The van der Waals surface area contributed by atoms with Crippen LogP contribution < -0.4 is 16.0 Å². The van der Waals surface area contributed by atoms with Crippen molar-refractivity contribution in [2.24, 2.45) is 4.99 Å². The minimum atomic E-state index is 0.788. The summed E-state index contributed by atoms with van der Waals surface area (Å²) in [6.45, 7) is 5.44. The van der Waals surface area contributed by atoms with Gasteiger partial charge in [-0.25, -0.2) is 0 Å². The van der Waals surface area contributed by atoms with Crippen molar-refractivity contribution in [2.75, 3.05) is 31.5 Å². The van der Waals surface area contributed by atoms with E-state index in [4.69, 9.17) is 4.42 Å². The van der Waals surface area contributed by atoms with Crippen LogP contribution in [0.3, 0.4) is 0 Å². The first-order chi connectivity index (χ1) is 11.4. The highest BCUT2D eigenvalue weighted by atomic mass is 16.3. The number of hydrogen-bond acceptors (Lipinski definition) is 3. The number of nitrogens with zero attached hydrogens (tertiary/aromatic N) is 1. The minimum Gasteiger partial charge on any atom is -0.469 e. The van der Waals surface area contributed by atoms with E-state index >= 15 is 0 Å². The first kappa shape index (κ1) is 16.9. The molecule has 1 heterocycles. The van der Waals surface area contributed by atoms with Gasteiger partial charge in [-0.1, -0.05) is 18.2 Å². The van der Waals surface area contributed by atoms with Gasteiger partial charge < -0.3 is 20.4 Å². The molecular weight excluding hydrogens is 288 g/mol. The molecule has 0 unspecified atom stereocenters. The quantitative estimate of drug-likeness (QED) is 0.378. The molecule has 0 radical (unpaired) electrons. The number of para-hydroxylation sites is 1. The Morgan fingerprint density at radius 2 is 1.91 bits per heavy atom. The number of hydrogen-bond donors (Lipinski definition) is 3. The molecule has 0 aliphatic rings. The Morgan fingerprint density at radius 1 is 1.04 bits per heavy atom. The van der Waals surface area contributed by atoms with Crippen molar-refractivity contribution in [3.05, 3.63) is 54.5 Å². The van der Waals surface area contributed by atoms with Crippen molar-refractivity contribution in [3.8, 4) is 0 Å². The van der Waals surface area contributed by atoms with Crippen molar-refractivity contribution in [1.82, 2.24) is 10.6 Å². The summed E-state index contributed by atoms with van der Waals surface area (Å²) >= 11 is 0. The summed E-state index contributed by atoms with van der Waals surface area (Å²) in [4.78, 5) is 4.59. The molecule has 0 amide bonds. The first-order valence-electron chi connectivity index (χ1n) is 8.22. The van der Waals surface area contributed by atoms with Gasteiger partial charge in [0.1, 0.15) is 5.76 Å². The number of rotatable bonds is 9. The monoisotopic (exact) mass is 314 g/mol. The second-order valence-electron chi connectivity index (χ2n) is 5.16. The zero-order chi connectivity index (χ0) is 16.2. The van der Waals surface area contributed by atoms with Crippen LogP contribution in [0.1, 0.15) is 19.1 Å². The molecule has 0 saturated heterocycles. The molecular formula is C18H26N4O. The predicted molar refractivity (Wildman–Crippen MR) is 95.9 cm³/mol. The normalized spacial score (nSPS) is 11.3. The predicted octanol–water partition coefficient (Wildman–Crippen LogP) is 2.88. The summed E-state index contributed by atoms with van der Waals surface area (Å²) in [6, 6.07) is 14.1. The molecule has 3 N–H and O–H groups in total. The van der Waals surface area contributed by atoms with Crippen LogP contribution in [0.4, 0.5) is 5.69 Å². The summed E-state index contributed by atoms with van der Waals surface area (Å²) in [7, 11) is 0. The maximum absolute atomic E-state index is 5.32. The average Bonchev–Trinajstić information content (AvgIpc) is 3.09. The zero-order valence-electron chi connectivity index (χ0n) is 13.7. The Hall–Kier alpha value is -2.43. The van der Waals surface area contributed by atoms with E-state index in [-0.39, 0.29) is 0 Å². The molecule has 5 nitrogen and oxygen atoms in total. The van der Waals surface area contributed by atoms with E-state index in [0.717, 1.165) is 56.4 Å². The fourth-order valence-electron chi connectivity index (χ4n) is 2.16. The third-order valence-corrected chi connectivity index (χ3v) is 3.30. The summed E-state index contributed by atoms with van der Waals surface area (Å²) in [5, 5.41) is 9.97. The van der Waals surface area contributed by atoms with Gasteiger partial charge in [0.2, 0.25) is 0 Å². The lowest BCUT2D eigenvalue weighted by Gasteiger charge is -2.11. The Bertz CT molecular complexity index is 552. The molecule has 1 aromatic carbocycles. The highest BCUT2D eigenvalue weighted by Crippen LogP contribution is 2.04. The van der Waals surface area contributed by atoms with Gasteiger partial charge in [0.05, 0.1) is 6.26 Å². The second kappa shape index (κ2) is 10.3. The van der Waals surface area contributed by atoms with E-state index in [1.54, 1.807) is 6.26 Å². The van der Waals surface area contributed by atoms with E-state index in [0.29, 0.717) is 0 Å². The number of guanidine groups is 1. The van der Waals surface area contributed by atoms with Crippen molar-refractivity contribution in [3.63, 3.8) is 0 Å². The van der Waals surface area contributed by atoms with E-state index in [1.165, 1.54) is 0 Å². The minimum absolute atomic E-state index is 0.788. The number of benzene rings is 1. The zero-order valence-corrected chi connectivity index (χ0v) is 13.7. The second-order valence-corrected chi connectivity index (χ2v) is 5.16. The Morgan fingerprint density at radius 3 is 2.65 bits per heavy atom. The summed E-state index contributed by atoms with van der Waals surface area (Å²) in [6.07, 6.45) is 3.55. The van der Waals surface area contributed by atoms with Crippen molar-refractivity contribution >= 4 is 11.6 Å². The van der Waals surface area contributed by atoms with Crippen LogP contribution in [0.25, 0.3) is 0 Å². The van der Waals surface area contributed by atoms with Gasteiger partial charge in [0.15, 0.2) is 5.96 Å². The van der Waals surface area contributed by atoms with E-state index < -0.39 is 0 Å². The van der Waals surface area contributed by atoms with Crippen LogP contribution >= 0.6 is 0 Å². The highest BCUT2D eigenvalue weighted by molar-refractivity contribution is 5.79. The molecule has 0 aliphatic carbocycles. The standard InChI is InChI=1S/C18H26N4O/c1-2-19-18(22-14-11-17-10-6-15-23-17)21-13-7-12-20-16-8-4-3-5-9-16/h3-6,8-10,15,20H,2,7,11-14H2,1H3,(H2,19,21,22). The SMILES string of the molecule is CCNC(=NCCCNc1ccccc1)NCCc1ccco1. The van der Waals surface area contributed by atoms with Crippen LogP contribution in [0.5, 0.6) is 0 Å². The molecule has 2 rings (SSSR count). The molecule has 124 valence electrons. The molecule has 5 heteroatoms. The van der Waals surface area contributed by atoms with E-state index in [2.05, 4.69) is 40.0 Å². The van der Waals surface area contributed by atoms with Crippen LogP contribution in [0, 0.1) is 0 Å². The maximum atomic E-state index is 5.32. The first-order valence-corrected chi connectivity index (χ1v) is 8.22. The molecule has 0 bridgehead atoms. The van der Waals surface area contributed by atoms with Crippen LogP contribution in [0.2, 0.25) is 0 Å². The Kier molecular flexibility index (Phi) is 7.60. The van der Waals surface area contributed by atoms with Crippen molar-refractivity contribution < 1.29 is 4.42 Å². The molecule has 1 aromatic heterocycles. The van der Waals surface area contributed by atoms with Gasteiger partial charge in [0.25, 0.3) is 0 Å². The summed E-state index contributed by atoms with van der Waals surface area (Å²) in [5.74, 6) is 1.85. The third-order valence-electron chi connectivity index (χ3n) is 3.30.